The summed E-state index contributed by atoms with van der Waals surface area (Å²) in [6.07, 6.45) is 30.5. The number of piperidine rings is 1. The molecule has 1 aromatic carbocycles. The Bertz CT molecular complexity index is 2420. The van der Waals surface area contributed by atoms with E-state index in [0.29, 0.717) is 11.0 Å². The van der Waals surface area contributed by atoms with Crippen LogP contribution in [0.2, 0.25) is 0 Å². The number of aromatic nitrogens is 5. The van der Waals surface area contributed by atoms with E-state index in [-0.39, 0.29) is 13.5 Å². The molecule has 0 radical (unpaired) electrons. The van der Waals surface area contributed by atoms with Crippen molar-refractivity contribution in [2.24, 2.45) is 5.92 Å². The fourth-order valence-electron chi connectivity index (χ4n) is 8.51. The zero-order valence-corrected chi connectivity index (χ0v) is 55.1. The number of imidazole rings is 1. The Morgan fingerprint density at radius 3 is 1.12 bits per heavy atom. The van der Waals surface area contributed by atoms with E-state index in [2.05, 4.69) is 211 Å². The van der Waals surface area contributed by atoms with Crippen molar-refractivity contribution in [3.05, 3.63) is 191 Å². The number of hydrogen-bond acceptors (Lipinski definition) is 8. The highest BCUT2D eigenvalue weighted by Crippen LogP contribution is 2.30. The van der Waals surface area contributed by atoms with E-state index in [4.69, 9.17) is 4.74 Å². The van der Waals surface area contributed by atoms with Gasteiger partial charge in [0, 0.05) is 51.8 Å². The molecule has 80 heavy (non-hydrogen) atoms. The largest absolute Gasteiger partial charge is 0.507 e. The Kier molecular flexibility index (Phi) is 36.3. The Morgan fingerprint density at radius 1 is 0.512 bits per heavy atom. The topological polar surface area (TPSA) is 100 Å². The third-order valence-electron chi connectivity index (χ3n) is 16.1. The highest BCUT2D eigenvalue weighted by Gasteiger charge is 2.11. The second-order valence-corrected chi connectivity index (χ2v) is 23.3. The van der Waals surface area contributed by atoms with Crippen LogP contribution in [-0.2, 0) is 4.74 Å². The molecule has 1 saturated heterocycles. The molecule has 4 aliphatic rings. The Hall–Kier alpha value is -5.51. The molecule has 9 heteroatoms. The van der Waals surface area contributed by atoms with Crippen molar-refractivity contribution in [3.63, 3.8) is 0 Å². The first kappa shape index (κ1) is 74.5. The first-order chi connectivity index (χ1) is 37.0. The van der Waals surface area contributed by atoms with Gasteiger partial charge in [0.1, 0.15) is 17.7 Å². The summed E-state index contributed by atoms with van der Waals surface area (Å²) in [6.45, 7) is 52.8. The molecule has 1 aliphatic carbocycles. The number of nitrogens with one attached hydrogen (secondary N) is 1. The van der Waals surface area contributed by atoms with Gasteiger partial charge in [0.15, 0.2) is 0 Å². The number of phenolic OH excluding ortho intramolecular Hbond substituents is 1. The van der Waals surface area contributed by atoms with E-state index in [0.717, 1.165) is 57.0 Å². The first-order valence-electron chi connectivity index (χ1n) is 28.8. The fourth-order valence-corrected chi connectivity index (χ4v) is 9.12. The smallest absolute Gasteiger partial charge is 0.121 e. The van der Waals surface area contributed by atoms with Crippen molar-refractivity contribution in [1.82, 2.24) is 29.8 Å². The molecular weight excluding hydrogens is 1000 g/mol. The van der Waals surface area contributed by atoms with E-state index in [9.17, 15) is 5.11 Å². The van der Waals surface area contributed by atoms with Crippen molar-refractivity contribution < 1.29 is 9.84 Å². The zero-order chi connectivity index (χ0) is 60.1. The molecule has 0 saturated carbocycles. The highest BCUT2D eigenvalue weighted by atomic mass is 32.2. The molecule has 2 N–H and O–H groups in total. The summed E-state index contributed by atoms with van der Waals surface area (Å²) >= 11 is 1.85. The van der Waals surface area contributed by atoms with Crippen LogP contribution in [0.3, 0.4) is 0 Å². The number of likely N-dealkylation sites (tertiary alicyclic amines) is 1. The average Bonchev–Trinajstić information content (AvgIpc) is 3.93. The minimum Gasteiger partial charge on any atom is -0.507 e. The Morgan fingerprint density at radius 2 is 0.912 bits per heavy atom. The van der Waals surface area contributed by atoms with Crippen molar-refractivity contribution in [1.29, 1.82) is 0 Å². The maximum atomic E-state index is 9.69. The fraction of sp³-hybridized carbons (Fsp3) is 0.521. The van der Waals surface area contributed by atoms with Gasteiger partial charge >= 0.3 is 0 Å². The van der Waals surface area contributed by atoms with E-state index in [1.807, 2.05) is 57.7 Å². The minimum absolute atomic E-state index is 0. The number of hydrogen-bond donors (Lipinski definition) is 2. The van der Waals surface area contributed by atoms with Crippen molar-refractivity contribution in [3.8, 4) is 5.75 Å². The maximum absolute atomic E-state index is 9.69. The molecule has 7 heterocycles. The highest BCUT2D eigenvalue weighted by molar-refractivity contribution is 8.02. The van der Waals surface area contributed by atoms with Gasteiger partial charge in [0.25, 0.3) is 0 Å². The Labute approximate surface area is 494 Å². The molecule has 0 amide bonds. The molecule has 3 aliphatic heterocycles. The number of H-pyrrole nitrogens is 1. The number of thioether (sulfide) groups is 1. The lowest BCUT2D eigenvalue weighted by atomic mass is 9.94. The lowest BCUT2D eigenvalue weighted by Crippen LogP contribution is -2.24. The van der Waals surface area contributed by atoms with Gasteiger partial charge in [-0.1, -0.05) is 57.2 Å². The summed E-state index contributed by atoms with van der Waals surface area (Å²) < 4.78 is 5.01. The van der Waals surface area contributed by atoms with Crippen LogP contribution in [0.5, 0.6) is 5.75 Å². The number of phenols is 1. The molecule has 9 rings (SSSR count). The van der Waals surface area contributed by atoms with E-state index < -0.39 is 0 Å². The molecule has 1 fully saturated rings. The summed E-state index contributed by atoms with van der Waals surface area (Å²) in [5.74, 6) is 2.37. The number of nitrogens with zero attached hydrogens (tertiary/aromatic N) is 5. The standard InChI is InChI=1S/C11H16O.3C10H15N.C7H12.C6H13N.C6H8O.C6H8S.C4H6N2.CH4/c1-6-7(2)9(4)11(12)10(5)8(6)3;3*1-6-7(2)9(4)11-10(5)8(6)3;2*1-7-5-3-2-4-6-7;2*1-6-4-2-3-5-7-6;1-4-5-2-3-6-4;/h12H,1-5H3;3*1-5H3;2-3,7H,4-6H2,1H3;2-6H2,1H3;2*2-6H,1H3;2-3H,1H3,(H,5,6);1H4. The number of ether oxygens (including phenoxy) is 1. The summed E-state index contributed by atoms with van der Waals surface area (Å²) in [6, 6.07) is 0. The van der Waals surface area contributed by atoms with Crippen LogP contribution < -0.4 is 0 Å². The Balaban J connectivity index is 0.000000884. The van der Waals surface area contributed by atoms with Gasteiger partial charge in [-0.3, -0.25) is 15.0 Å². The van der Waals surface area contributed by atoms with Crippen LogP contribution in [-0.4, -0.2) is 66.4 Å². The van der Waals surface area contributed by atoms with Crippen molar-refractivity contribution >= 4 is 11.8 Å². The van der Waals surface area contributed by atoms with Crippen LogP contribution in [0.1, 0.15) is 185 Å². The summed E-state index contributed by atoms with van der Waals surface area (Å²) in [5.41, 5.74) is 24.8. The van der Waals surface area contributed by atoms with E-state index in [1.165, 1.54) is 118 Å². The van der Waals surface area contributed by atoms with Gasteiger partial charge in [-0.05, 0) is 313 Å². The number of aromatic hydroxyl groups is 1. The predicted molar refractivity (Wildman–Crippen MR) is 353 cm³/mol. The van der Waals surface area contributed by atoms with Gasteiger partial charge in [-0.15, -0.1) is 11.8 Å². The van der Waals surface area contributed by atoms with Crippen LogP contribution >= 0.6 is 11.8 Å². The molecule has 5 aromatic rings. The third-order valence-corrected chi connectivity index (χ3v) is 17.0. The second kappa shape index (κ2) is 39.0. The van der Waals surface area contributed by atoms with E-state index in [1.54, 1.807) is 18.7 Å². The summed E-state index contributed by atoms with van der Waals surface area (Å²) in [4.78, 5) is 22.4. The van der Waals surface area contributed by atoms with Crippen molar-refractivity contribution in [2.45, 2.75) is 223 Å². The summed E-state index contributed by atoms with van der Waals surface area (Å²) in [7, 11) is 2.19. The molecule has 444 valence electrons. The lowest BCUT2D eigenvalue weighted by Gasteiger charge is -2.20. The van der Waals surface area contributed by atoms with Gasteiger partial charge in [0.2, 0.25) is 0 Å². The molecule has 0 bridgehead atoms. The van der Waals surface area contributed by atoms with Gasteiger partial charge in [-0.25, -0.2) is 4.98 Å². The maximum Gasteiger partial charge on any atom is 0.121 e. The normalized spacial score (nSPS) is 16.2. The lowest BCUT2D eigenvalue weighted by molar-refractivity contribution is 0.200. The second-order valence-electron chi connectivity index (χ2n) is 22.0. The van der Waals surface area contributed by atoms with Crippen LogP contribution in [0, 0.1) is 151 Å². The van der Waals surface area contributed by atoms with Crippen LogP contribution in [0.4, 0.5) is 0 Å². The number of pyridine rings is 3. The van der Waals surface area contributed by atoms with Gasteiger partial charge in [0.05, 0.1) is 6.26 Å². The molecule has 8 nitrogen and oxygen atoms in total. The zero-order valence-electron chi connectivity index (χ0n) is 54.3. The number of aryl methyl sites for hydroxylation is 7. The molecular formula is C71H112N6O2S. The first-order valence-corrected chi connectivity index (χ1v) is 29.7. The molecule has 0 spiro atoms. The molecule has 3 unspecified atom stereocenters. The molecule has 3 atom stereocenters. The van der Waals surface area contributed by atoms with Crippen LogP contribution in [0.15, 0.2) is 72.7 Å². The number of allylic oxidation sites excluding steroid dienone is 6. The van der Waals surface area contributed by atoms with Crippen LogP contribution in [0.25, 0.3) is 0 Å². The minimum atomic E-state index is 0. The average molecular weight is 1110 g/mol. The number of benzene rings is 1. The van der Waals surface area contributed by atoms with E-state index >= 15 is 0 Å². The molecule has 4 aromatic heterocycles. The number of rotatable bonds is 0. The number of aromatic amines is 1. The predicted octanol–water partition coefficient (Wildman–Crippen LogP) is 19.3. The summed E-state index contributed by atoms with van der Waals surface area (Å²) in [5, 5.41) is 12.5. The van der Waals surface area contributed by atoms with Gasteiger partial charge in [-0.2, -0.15) is 0 Å². The van der Waals surface area contributed by atoms with Gasteiger partial charge < -0.3 is 19.7 Å². The van der Waals surface area contributed by atoms with Crippen molar-refractivity contribution in [2.75, 3.05) is 20.1 Å². The monoisotopic (exact) mass is 1110 g/mol. The third kappa shape index (κ3) is 26.8. The quantitative estimate of drug-likeness (QED) is 0.148. The SMILES string of the molecule is C.CC1C=CC=CO1.CC1C=CC=CS1.CC1CC=CCC1.CN1CCCCC1.Cc1c(C)c(C)c(O)c(C)c1C.Cc1nc(C)c(C)c(C)c1C.Cc1nc(C)c(C)c(C)c1C.Cc1nc(C)c(C)c(C)c1C.Cc1ncc[nH]1.